The number of nitrogens with zero attached hydrogens (tertiary/aromatic N) is 5. The molecule has 0 amide bonds. The molecular formula is C24H27N5O. The highest BCUT2D eigenvalue weighted by atomic mass is 16.1. The predicted octanol–water partition coefficient (Wildman–Crippen LogP) is 4.55. The molecule has 3 aromatic heterocycles. The molecule has 6 nitrogen and oxygen atoms in total. The van der Waals surface area contributed by atoms with Gasteiger partial charge < -0.3 is 0 Å². The van der Waals surface area contributed by atoms with E-state index in [9.17, 15) is 4.79 Å². The fraction of sp³-hybridized carbons (Fsp3) is 0.375. The number of imidazole rings is 1. The number of hydrogen-bond donors (Lipinski definition) is 0. The number of hydrogen-bond acceptors (Lipinski definition) is 3. The van der Waals surface area contributed by atoms with E-state index in [0.29, 0.717) is 5.92 Å². The van der Waals surface area contributed by atoms with Gasteiger partial charge in [-0.05, 0) is 56.9 Å². The van der Waals surface area contributed by atoms with Crippen LogP contribution in [-0.4, -0.2) is 23.7 Å². The van der Waals surface area contributed by atoms with Gasteiger partial charge in [-0.1, -0.05) is 37.0 Å². The van der Waals surface area contributed by atoms with Crippen molar-refractivity contribution in [3.05, 3.63) is 70.7 Å². The van der Waals surface area contributed by atoms with E-state index in [2.05, 4.69) is 36.1 Å². The molecule has 6 heteroatoms. The van der Waals surface area contributed by atoms with Crippen molar-refractivity contribution < 1.29 is 0 Å². The van der Waals surface area contributed by atoms with E-state index in [4.69, 9.17) is 0 Å². The van der Waals surface area contributed by atoms with Gasteiger partial charge in [0.2, 0.25) is 0 Å². The molecule has 0 saturated heterocycles. The molecule has 1 aliphatic rings. The standard InChI is InChI=1S/C24H27N5O/c1-17-8-11-21(12-9-17)29-23(20-10-13-22-25-16-26-28(22)15-20)18(2)27(24(29)30)14-19-6-4-3-5-7-19/h8-13,15-16,19H,3-7,14H2,1-2H3. The third-order valence-electron chi connectivity index (χ3n) is 6.40. The molecule has 0 spiro atoms. The molecule has 0 N–H and O–H groups in total. The van der Waals surface area contributed by atoms with Crippen molar-refractivity contribution in [2.75, 3.05) is 0 Å². The van der Waals surface area contributed by atoms with Crippen LogP contribution in [0.4, 0.5) is 0 Å². The number of rotatable bonds is 4. The van der Waals surface area contributed by atoms with E-state index < -0.39 is 0 Å². The van der Waals surface area contributed by atoms with E-state index in [1.165, 1.54) is 37.7 Å². The zero-order valence-electron chi connectivity index (χ0n) is 17.6. The summed E-state index contributed by atoms with van der Waals surface area (Å²) >= 11 is 0. The minimum Gasteiger partial charge on any atom is -0.295 e. The SMILES string of the molecule is Cc1ccc(-n2c(-c3ccc4ncnn4c3)c(C)n(CC3CCCCC3)c2=O)cc1. The van der Waals surface area contributed by atoms with Crippen LogP contribution in [0.2, 0.25) is 0 Å². The minimum atomic E-state index is 0.0376. The third-order valence-corrected chi connectivity index (χ3v) is 6.40. The molecule has 3 heterocycles. The molecule has 0 bridgehead atoms. The van der Waals surface area contributed by atoms with Gasteiger partial charge in [0.15, 0.2) is 5.65 Å². The maximum atomic E-state index is 13.6. The highest BCUT2D eigenvalue weighted by molar-refractivity contribution is 5.66. The summed E-state index contributed by atoms with van der Waals surface area (Å²) in [5, 5.41) is 4.28. The van der Waals surface area contributed by atoms with Crippen LogP contribution in [0.1, 0.15) is 43.4 Å². The summed E-state index contributed by atoms with van der Waals surface area (Å²) in [6.07, 6.45) is 9.79. The molecule has 1 aliphatic carbocycles. The minimum absolute atomic E-state index is 0.0376. The van der Waals surface area contributed by atoms with Crippen LogP contribution >= 0.6 is 0 Å². The number of aromatic nitrogens is 5. The van der Waals surface area contributed by atoms with Gasteiger partial charge in [-0.3, -0.25) is 9.13 Å². The molecule has 1 saturated carbocycles. The zero-order chi connectivity index (χ0) is 20.7. The molecule has 4 aromatic rings. The lowest BCUT2D eigenvalue weighted by atomic mass is 9.89. The van der Waals surface area contributed by atoms with Gasteiger partial charge >= 0.3 is 5.69 Å². The first-order valence-electron chi connectivity index (χ1n) is 10.8. The van der Waals surface area contributed by atoms with E-state index in [0.717, 1.165) is 34.8 Å². The van der Waals surface area contributed by atoms with E-state index in [1.807, 2.05) is 39.6 Å². The average Bonchev–Trinajstić information content (AvgIpc) is 3.33. The molecule has 0 atom stereocenters. The Morgan fingerprint density at radius 3 is 2.53 bits per heavy atom. The van der Waals surface area contributed by atoms with Crippen molar-refractivity contribution in [1.82, 2.24) is 23.7 Å². The monoisotopic (exact) mass is 401 g/mol. The molecule has 30 heavy (non-hydrogen) atoms. The van der Waals surface area contributed by atoms with Crippen LogP contribution in [0.25, 0.3) is 22.6 Å². The molecule has 5 rings (SSSR count). The van der Waals surface area contributed by atoms with Crippen LogP contribution in [0.3, 0.4) is 0 Å². The Morgan fingerprint density at radius 1 is 1.00 bits per heavy atom. The summed E-state index contributed by atoms with van der Waals surface area (Å²) in [7, 11) is 0. The lowest BCUT2D eigenvalue weighted by molar-refractivity contribution is 0.314. The topological polar surface area (TPSA) is 57.1 Å². The highest BCUT2D eigenvalue weighted by Crippen LogP contribution is 2.29. The van der Waals surface area contributed by atoms with Gasteiger partial charge in [-0.2, -0.15) is 5.10 Å². The summed E-state index contributed by atoms with van der Waals surface area (Å²) in [5.74, 6) is 0.578. The highest BCUT2D eigenvalue weighted by Gasteiger charge is 2.23. The van der Waals surface area contributed by atoms with E-state index in [1.54, 1.807) is 10.8 Å². The third kappa shape index (κ3) is 3.26. The fourth-order valence-electron chi connectivity index (χ4n) is 4.72. The first-order valence-corrected chi connectivity index (χ1v) is 10.8. The molecule has 0 unspecified atom stereocenters. The maximum Gasteiger partial charge on any atom is 0.333 e. The van der Waals surface area contributed by atoms with Crippen molar-refractivity contribution in [3.63, 3.8) is 0 Å². The average molecular weight is 402 g/mol. The number of benzene rings is 1. The molecule has 1 fully saturated rings. The zero-order valence-corrected chi connectivity index (χ0v) is 17.6. The van der Waals surface area contributed by atoms with Crippen LogP contribution in [0.5, 0.6) is 0 Å². The van der Waals surface area contributed by atoms with Crippen molar-refractivity contribution >= 4 is 5.65 Å². The van der Waals surface area contributed by atoms with Crippen LogP contribution < -0.4 is 5.69 Å². The maximum absolute atomic E-state index is 13.6. The van der Waals surface area contributed by atoms with E-state index in [-0.39, 0.29) is 5.69 Å². The largest absolute Gasteiger partial charge is 0.333 e. The Kier molecular flexibility index (Phi) is 4.77. The fourth-order valence-corrected chi connectivity index (χ4v) is 4.72. The van der Waals surface area contributed by atoms with Gasteiger partial charge in [-0.25, -0.2) is 14.3 Å². The molecule has 0 aliphatic heterocycles. The first-order chi connectivity index (χ1) is 14.6. The Morgan fingerprint density at radius 2 is 1.77 bits per heavy atom. The van der Waals surface area contributed by atoms with Crippen molar-refractivity contribution in [2.45, 2.75) is 52.5 Å². The number of fused-ring (bicyclic) bond motifs is 1. The Labute approximate surface area is 175 Å². The van der Waals surface area contributed by atoms with Gasteiger partial charge in [0.05, 0.1) is 11.4 Å². The second-order valence-electron chi connectivity index (χ2n) is 8.48. The molecule has 154 valence electrons. The lowest BCUT2D eigenvalue weighted by Gasteiger charge is -2.22. The Bertz CT molecular complexity index is 1240. The summed E-state index contributed by atoms with van der Waals surface area (Å²) in [4.78, 5) is 17.9. The molecule has 0 radical (unpaired) electrons. The predicted molar refractivity (Wildman–Crippen MR) is 118 cm³/mol. The first kappa shape index (κ1) is 18.9. The van der Waals surface area contributed by atoms with Crippen LogP contribution in [-0.2, 0) is 6.54 Å². The summed E-state index contributed by atoms with van der Waals surface area (Å²) in [6.45, 7) is 4.92. The van der Waals surface area contributed by atoms with Crippen LogP contribution in [0, 0.1) is 19.8 Å². The quantitative estimate of drug-likeness (QED) is 0.504. The van der Waals surface area contributed by atoms with Gasteiger partial charge in [0, 0.05) is 24.0 Å². The Hall–Kier alpha value is -3.15. The molecular weight excluding hydrogens is 374 g/mol. The van der Waals surface area contributed by atoms with Gasteiger partial charge in [-0.15, -0.1) is 0 Å². The smallest absolute Gasteiger partial charge is 0.295 e. The van der Waals surface area contributed by atoms with E-state index >= 15 is 0 Å². The van der Waals surface area contributed by atoms with Crippen molar-refractivity contribution in [2.24, 2.45) is 5.92 Å². The summed E-state index contributed by atoms with van der Waals surface area (Å²) in [5.41, 5.74) is 5.80. The summed E-state index contributed by atoms with van der Waals surface area (Å²) < 4.78 is 5.60. The second kappa shape index (κ2) is 7.59. The number of pyridine rings is 1. The van der Waals surface area contributed by atoms with Crippen LogP contribution in [0.15, 0.2) is 53.7 Å². The summed E-state index contributed by atoms with van der Waals surface area (Å²) in [6, 6.07) is 12.1. The van der Waals surface area contributed by atoms with Gasteiger partial charge in [0.25, 0.3) is 0 Å². The van der Waals surface area contributed by atoms with Crippen molar-refractivity contribution in [3.8, 4) is 16.9 Å². The van der Waals surface area contributed by atoms with Crippen molar-refractivity contribution in [1.29, 1.82) is 0 Å². The second-order valence-corrected chi connectivity index (χ2v) is 8.48. The van der Waals surface area contributed by atoms with Gasteiger partial charge in [0.1, 0.15) is 6.33 Å². The lowest BCUT2D eigenvalue weighted by Crippen LogP contribution is -2.27. The Balaban J connectivity index is 1.69. The normalized spacial score (nSPS) is 15.1. The molecule has 1 aromatic carbocycles. The number of aryl methyl sites for hydroxylation is 1.